The minimum absolute atomic E-state index is 0.137. The maximum absolute atomic E-state index is 12.8. The van der Waals surface area contributed by atoms with E-state index in [0.29, 0.717) is 11.3 Å². The van der Waals surface area contributed by atoms with Crippen LogP contribution in [0.2, 0.25) is 0 Å². The Kier molecular flexibility index (Phi) is 3.54. The van der Waals surface area contributed by atoms with Crippen molar-refractivity contribution < 1.29 is 9.59 Å². The smallest absolute Gasteiger partial charge is 0.257 e. The van der Waals surface area contributed by atoms with Crippen LogP contribution in [0.4, 0.5) is 5.69 Å². The van der Waals surface area contributed by atoms with Crippen molar-refractivity contribution in [3.8, 4) is 0 Å². The number of pyridine rings is 1. The summed E-state index contributed by atoms with van der Waals surface area (Å²) < 4.78 is 1.49. The molecule has 5 heteroatoms. The Morgan fingerprint density at radius 3 is 2.64 bits per heavy atom. The van der Waals surface area contributed by atoms with Crippen molar-refractivity contribution in [3.63, 3.8) is 0 Å². The number of nitrogens with zero attached hydrogens (tertiary/aromatic N) is 2. The van der Waals surface area contributed by atoms with Crippen LogP contribution < -0.4 is 5.32 Å². The number of anilines is 1. The van der Waals surface area contributed by atoms with E-state index < -0.39 is 0 Å². The predicted octanol–water partition coefficient (Wildman–Crippen LogP) is 4.10. The monoisotopic (exact) mass is 329 g/mol. The standard InChI is InChI=1S/C20H15N3O2/c1-13(24)23-12-16(15-8-2-3-10-18(15)23)20(25)22-17-9-4-6-14-7-5-11-21-19(14)17/h2-12H,1H3,(H,22,25). The number of amides is 1. The lowest BCUT2D eigenvalue weighted by molar-refractivity contribution is 0.0941. The molecule has 0 aliphatic rings. The first-order chi connectivity index (χ1) is 12.1. The molecule has 0 saturated carbocycles. The van der Waals surface area contributed by atoms with E-state index in [1.165, 1.54) is 11.5 Å². The highest BCUT2D eigenvalue weighted by Crippen LogP contribution is 2.25. The number of nitrogens with one attached hydrogen (secondary N) is 1. The molecule has 5 nitrogen and oxygen atoms in total. The van der Waals surface area contributed by atoms with Crippen LogP contribution in [0.3, 0.4) is 0 Å². The van der Waals surface area contributed by atoms with Gasteiger partial charge in [-0.15, -0.1) is 0 Å². The van der Waals surface area contributed by atoms with Gasteiger partial charge >= 0.3 is 0 Å². The van der Waals surface area contributed by atoms with Crippen LogP contribution in [0, 0.1) is 0 Å². The summed E-state index contributed by atoms with van der Waals surface area (Å²) in [5, 5.41) is 4.61. The molecule has 2 aromatic carbocycles. The largest absolute Gasteiger partial charge is 0.320 e. The first kappa shape index (κ1) is 15.1. The van der Waals surface area contributed by atoms with Crippen LogP contribution in [0.25, 0.3) is 21.8 Å². The molecule has 0 aliphatic carbocycles. The number of fused-ring (bicyclic) bond motifs is 2. The fraction of sp³-hybridized carbons (Fsp3) is 0.0500. The molecule has 1 N–H and O–H groups in total. The van der Waals surface area contributed by atoms with Crippen LogP contribution in [0.1, 0.15) is 22.1 Å². The number of aromatic nitrogens is 2. The first-order valence-electron chi connectivity index (χ1n) is 7.91. The van der Waals surface area contributed by atoms with E-state index in [1.54, 1.807) is 12.4 Å². The number of hydrogen-bond donors (Lipinski definition) is 1. The van der Waals surface area contributed by atoms with Crippen molar-refractivity contribution in [1.29, 1.82) is 0 Å². The number of carbonyl (C=O) groups excluding carboxylic acids is 2. The molecule has 0 aliphatic heterocycles. The highest BCUT2D eigenvalue weighted by Gasteiger charge is 2.17. The van der Waals surface area contributed by atoms with Crippen molar-refractivity contribution >= 4 is 39.3 Å². The number of hydrogen-bond acceptors (Lipinski definition) is 3. The lowest BCUT2D eigenvalue weighted by Crippen LogP contribution is -2.12. The third kappa shape index (κ3) is 2.55. The Morgan fingerprint density at radius 1 is 1.00 bits per heavy atom. The van der Waals surface area contributed by atoms with Gasteiger partial charge < -0.3 is 5.32 Å². The molecule has 0 bridgehead atoms. The molecule has 2 heterocycles. The normalized spacial score (nSPS) is 10.9. The Labute approximate surface area is 143 Å². The Hall–Kier alpha value is -3.47. The summed E-state index contributed by atoms with van der Waals surface area (Å²) in [6, 6.07) is 16.8. The molecular weight excluding hydrogens is 314 g/mol. The molecule has 0 fully saturated rings. The predicted molar refractivity (Wildman–Crippen MR) is 97.9 cm³/mol. The zero-order valence-corrected chi connectivity index (χ0v) is 13.6. The molecule has 4 rings (SSSR count). The van der Waals surface area contributed by atoms with Gasteiger partial charge in [-0.05, 0) is 18.2 Å². The third-order valence-corrected chi connectivity index (χ3v) is 4.18. The first-order valence-corrected chi connectivity index (χ1v) is 7.91. The van der Waals surface area contributed by atoms with Crippen molar-refractivity contribution in [3.05, 3.63) is 72.6 Å². The van der Waals surface area contributed by atoms with Gasteiger partial charge in [-0.3, -0.25) is 19.1 Å². The highest BCUT2D eigenvalue weighted by molar-refractivity contribution is 6.16. The van der Waals surface area contributed by atoms with Crippen LogP contribution in [-0.2, 0) is 0 Å². The second-order valence-electron chi connectivity index (χ2n) is 5.78. The van der Waals surface area contributed by atoms with Crippen molar-refractivity contribution in [2.75, 3.05) is 5.32 Å². The molecule has 2 aromatic heterocycles. The van der Waals surface area contributed by atoms with E-state index in [-0.39, 0.29) is 11.8 Å². The molecule has 0 saturated heterocycles. The summed E-state index contributed by atoms with van der Waals surface area (Å²) in [6.45, 7) is 1.47. The van der Waals surface area contributed by atoms with Gasteiger partial charge in [0.15, 0.2) is 0 Å². The number of rotatable bonds is 2. The van der Waals surface area contributed by atoms with Gasteiger partial charge in [-0.2, -0.15) is 0 Å². The lowest BCUT2D eigenvalue weighted by Gasteiger charge is -2.07. The zero-order chi connectivity index (χ0) is 17.4. The van der Waals surface area contributed by atoms with Crippen molar-refractivity contribution in [1.82, 2.24) is 9.55 Å². The molecule has 0 spiro atoms. The maximum atomic E-state index is 12.8. The van der Waals surface area contributed by atoms with Crippen molar-refractivity contribution in [2.45, 2.75) is 6.92 Å². The maximum Gasteiger partial charge on any atom is 0.257 e. The Morgan fingerprint density at radius 2 is 1.80 bits per heavy atom. The molecule has 25 heavy (non-hydrogen) atoms. The second kappa shape index (κ2) is 5.87. The van der Waals surface area contributed by atoms with Gasteiger partial charge in [0.25, 0.3) is 5.91 Å². The van der Waals surface area contributed by atoms with Gasteiger partial charge in [-0.25, -0.2) is 0 Å². The zero-order valence-electron chi connectivity index (χ0n) is 13.6. The van der Waals surface area contributed by atoms with Crippen LogP contribution in [-0.4, -0.2) is 21.4 Å². The molecule has 0 radical (unpaired) electrons. The van der Waals surface area contributed by atoms with E-state index in [2.05, 4.69) is 10.3 Å². The van der Waals surface area contributed by atoms with Gasteiger partial charge in [0.05, 0.1) is 22.3 Å². The summed E-state index contributed by atoms with van der Waals surface area (Å²) >= 11 is 0. The van der Waals surface area contributed by atoms with E-state index >= 15 is 0 Å². The van der Waals surface area contributed by atoms with E-state index in [0.717, 1.165) is 21.8 Å². The fourth-order valence-electron chi connectivity index (χ4n) is 3.02. The molecule has 1 amide bonds. The number of para-hydroxylation sites is 2. The summed E-state index contributed by atoms with van der Waals surface area (Å²) in [5.41, 5.74) is 2.55. The van der Waals surface area contributed by atoms with E-state index in [1.807, 2.05) is 54.6 Å². The minimum Gasteiger partial charge on any atom is -0.320 e. The Bertz CT molecular complexity index is 1120. The van der Waals surface area contributed by atoms with Crippen LogP contribution in [0.15, 0.2) is 67.0 Å². The highest BCUT2D eigenvalue weighted by atomic mass is 16.2. The van der Waals surface area contributed by atoms with E-state index in [4.69, 9.17) is 0 Å². The average Bonchev–Trinajstić information content (AvgIpc) is 3.02. The fourth-order valence-corrected chi connectivity index (χ4v) is 3.02. The quantitative estimate of drug-likeness (QED) is 0.602. The molecule has 4 aromatic rings. The number of carbonyl (C=O) groups is 2. The van der Waals surface area contributed by atoms with Crippen LogP contribution in [0.5, 0.6) is 0 Å². The molecule has 0 atom stereocenters. The van der Waals surface area contributed by atoms with Gasteiger partial charge in [0, 0.05) is 30.1 Å². The average molecular weight is 329 g/mol. The molecular formula is C20H15N3O2. The Balaban J connectivity index is 1.79. The van der Waals surface area contributed by atoms with Crippen molar-refractivity contribution in [2.24, 2.45) is 0 Å². The number of benzene rings is 2. The summed E-state index contributed by atoms with van der Waals surface area (Å²) in [6.07, 6.45) is 3.28. The lowest BCUT2D eigenvalue weighted by atomic mass is 10.1. The summed E-state index contributed by atoms with van der Waals surface area (Å²) in [5.74, 6) is -0.406. The SMILES string of the molecule is CC(=O)n1cc(C(=O)Nc2cccc3cccnc23)c2ccccc21. The summed E-state index contributed by atoms with van der Waals surface area (Å²) in [4.78, 5) is 29.0. The van der Waals surface area contributed by atoms with Gasteiger partial charge in [0.1, 0.15) is 0 Å². The molecule has 122 valence electrons. The minimum atomic E-state index is -0.269. The second-order valence-corrected chi connectivity index (χ2v) is 5.78. The topological polar surface area (TPSA) is 64.0 Å². The third-order valence-electron chi connectivity index (χ3n) is 4.18. The van der Waals surface area contributed by atoms with Gasteiger partial charge in [0.2, 0.25) is 5.91 Å². The summed E-state index contributed by atoms with van der Waals surface area (Å²) in [7, 11) is 0. The molecule has 0 unspecified atom stereocenters. The van der Waals surface area contributed by atoms with Crippen LogP contribution >= 0.6 is 0 Å². The van der Waals surface area contributed by atoms with E-state index in [9.17, 15) is 9.59 Å². The van der Waals surface area contributed by atoms with Gasteiger partial charge in [-0.1, -0.05) is 36.4 Å².